The van der Waals surface area contributed by atoms with E-state index >= 15 is 0 Å². The Morgan fingerprint density at radius 2 is 1.83 bits per heavy atom. The molecule has 1 atom stereocenters. The maximum atomic E-state index is 13.3. The molecule has 2 aromatic carbocycles. The number of hydrogen-bond donors (Lipinski definition) is 4. The molecule has 2 aliphatic rings. The van der Waals surface area contributed by atoms with E-state index in [0.29, 0.717) is 27.9 Å². The Bertz CT molecular complexity index is 1680. The minimum absolute atomic E-state index is 0.0439. The van der Waals surface area contributed by atoms with Crippen molar-refractivity contribution in [2.75, 3.05) is 38.6 Å². The highest BCUT2D eigenvalue weighted by atomic mass is 16.5. The number of carbonyl (C=O) groups excluding carboxylic acids is 2. The van der Waals surface area contributed by atoms with Crippen LogP contribution in [0.15, 0.2) is 41.5 Å². The maximum Gasteiger partial charge on any atom is 0.263 e. The number of hydrogen-bond acceptors (Lipinski definition) is 9. The number of amides is 2. The first-order valence-electron chi connectivity index (χ1n) is 14.0. The zero-order chi connectivity index (χ0) is 29.5. The van der Waals surface area contributed by atoms with Crippen molar-refractivity contribution in [1.82, 2.24) is 29.7 Å². The summed E-state index contributed by atoms with van der Waals surface area (Å²) in [6.45, 7) is 5.71. The Morgan fingerprint density at radius 1 is 1.10 bits per heavy atom. The molecule has 12 heteroatoms. The standard InChI is InChI=1S/C30H33N7O5/c1-16-4-5-24(17(2)10-16)42-14-19(38)13-31-26-25(28(39)33-15-32-26)27-34-22-11-20-21(12-23(22)35-27)30(41)37(29(20)40)18-6-8-36(3)9-7-18/h4-5,10-12,15,18-19,38H,6-9,13-14H2,1-3H3,(H,34,35)(H2,31,32,33,39). The number of ether oxygens (including phenoxy) is 1. The Labute approximate surface area is 241 Å². The normalized spacial score (nSPS) is 16.7. The molecule has 12 nitrogen and oxygen atoms in total. The van der Waals surface area contributed by atoms with Gasteiger partial charge in [-0.3, -0.25) is 19.3 Å². The fraction of sp³-hybridized carbons (Fsp3) is 0.367. The van der Waals surface area contributed by atoms with Crippen LogP contribution in [0.1, 0.15) is 44.7 Å². The fourth-order valence-corrected chi connectivity index (χ4v) is 5.64. The number of anilines is 1. The highest BCUT2D eigenvalue weighted by Crippen LogP contribution is 2.32. The lowest BCUT2D eigenvalue weighted by molar-refractivity contribution is 0.0516. The van der Waals surface area contributed by atoms with Crippen LogP contribution in [-0.4, -0.2) is 92.1 Å². The summed E-state index contributed by atoms with van der Waals surface area (Å²) in [6.07, 6.45) is 1.86. The van der Waals surface area contributed by atoms with Crippen molar-refractivity contribution >= 4 is 28.7 Å². The van der Waals surface area contributed by atoms with Crippen molar-refractivity contribution in [1.29, 1.82) is 0 Å². The van der Waals surface area contributed by atoms with Crippen LogP contribution in [0.2, 0.25) is 0 Å². The van der Waals surface area contributed by atoms with Crippen LogP contribution in [0.5, 0.6) is 5.75 Å². The molecule has 2 amide bonds. The van der Waals surface area contributed by atoms with E-state index in [2.05, 4.69) is 30.2 Å². The molecule has 4 N–H and O–H groups in total. The first-order valence-corrected chi connectivity index (χ1v) is 14.0. The largest absolute Gasteiger partial charge is 0.491 e. The van der Waals surface area contributed by atoms with Gasteiger partial charge in [0.05, 0.1) is 28.5 Å². The molecule has 0 spiro atoms. The van der Waals surface area contributed by atoms with Crippen LogP contribution in [0.4, 0.5) is 5.82 Å². The summed E-state index contributed by atoms with van der Waals surface area (Å²) in [7, 11) is 2.03. The number of benzene rings is 2. The van der Waals surface area contributed by atoms with Crippen LogP contribution in [0.25, 0.3) is 22.4 Å². The lowest BCUT2D eigenvalue weighted by atomic mass is 10.0. The zero-order valence-corrected chi connectivity index (χ0v) is 23.7. The number of nitrogens with zero attached hydrogens (tertiary/aromatic N) is 4. The first kappa shape index (κ1) is 27.6. The van der Waals surface area contributed by atoms with Gasteiger partial charge in [0.15, 0.2) is 0 Å². The molecule has 2 aliphatic heterocycles. The number of aryl methyl sites for hydroxylation is 2. The highest BCUT2D eigenvalue weighted by Gasteiger charge is 2.41. The lowest BCUT2D eigenvalue weighted by Crippen LogP contribution is -2.46. The maximum absolute atomic E-state index is 13.3. The number of fused-ring (bicyclic) bond motifs is 2. The Balaban J connectivity index is 1.20. The number of imide groups is 1. The van der Waals surface area contributed by atoms with E-state index in [1.54, 1.807) is 12.1 Å². The van der Waals surface area contributed by atoms with Gasteiger partial charge >= 0.3 is 0 Å². The van der Waals surface area contributed by atoms with Gasteiger partial charge in [-0.15, -0.1) is 0 Å². The van der Waals surface area contributed by atoms with E-state index in [4.69, 9.17) is 4.74 Å². The van der Waals surface area contributed by atoms with Crippen LogP contribution >= 0.6 is 0 Å². The number of aliphatic hydroxyl groups is 1. The van der Waals surface area contributed by atoms with Gasteiger partial charge in [-0.25, -0.2) is 9.97 Å². The zero-order valence-electron chi connectivity index (χ0n) is 23.7. The van der Waals surface area contributed by atoms with E-state index in [9.17, 15) is 19.5 Å². The smallest absolute Gasteiger partial charge is 0.263 e. The summed E-state index contributed by atoms with van der Waals surface area (Å²) < 4.78 is 5.77. The van der Waals surface area contributed by atoms with Gasteiger partial charge in [0.2, 0.25) is 0 Å². The number of H-pyrrole nitrogens is 2. The second kappa shape index (κ2) is 11.0. The van der Waals surface area contributed by atoms with E-state index in [1.165, 1.54) is 11.2 Å². The third kappa shape index (κ3) is 5.14. The lowest BCUT2D eigenvalue weighted by Gasteiger charge is -2.33. The van der Waals surface area contributed by atoms with Crippen molar-refractivity contribution in [3.63, 3.8) is 0 Å². The molecule has 2 aromatic heterocycles. The number of carbonyl (C=O) groups is 2. The third-order valence-electron chi connectivity index (χ3n) is 7.93. The number of nitrogens with one attached hydrogen (secondary N) is 3. The minimum atomic E-state index is -0.886. The number of likely N-dealkylation sites (tertiary alicyclic amines) is 1. The quantitative estimate of drug-likeness (QED) is 0.233. The van der Waals surface area contributed by atoms with Crippen LogP contribution < -0.4 is 15.6 Å². The summed E-state index contributed by atoms with van der Waals surface area (Å²) in [6, 6.07) is 8.92. The molecule has 0 aliphatic carbocycles. The average Bonchev–Trinajstić information content (AvgIpc) is 3.48. The van der Waals surface area contributed by atoms with E-state index in [1.807, 2.05) is 39.1 Å². The Hall–Kier alpha value is -4.55. The molecule has 1 unspecified atom stereocenters. The third-order valence-corrected chi connectivity index (χ3v) is 7.93. The van der Waals surface area contributed by atoms with Gasteiger partial charge in [0.25, 0.3) is 17.4 Å². The Kier molecular flexibility index (Phi) is 7.25. The number of aromatic amines is 2. The molecule has 6 rings (SSSR count). The molecule has 218 valence electrons. The van der Waals surface area contributed by atoms with Crippen LogP contribution in [-0.2, 0) is 0 Å². The highest BCUT2D eigenvalue weighted by molar-refractivity contribution is 6.23. The molecular formula is C30H33N7O5. The monoisotopic (exact) mass is 571 g/mol. The van der Waals surface area contributed by atoms with Gasteiger partial charge in [-0.05, 0) is 70.6 Å². The number of aromatic nitrogens is 4. The summed E-state index contributed by atoms with van der Waals surface area (Å²) in [4.78, 5) is 57.6. The van der Waals surface area contributed by atoms with E-state index < -0.39 is 11.7 Å². The van der Waals surface area contributed by atoms with E-state index in [0.717, 1.165) is 37.1 Å². The van der Waals surface area contributed by atoms with Crippen molar-refractivity contribution in [2.24, 2.45) is 0 Å². The fourth-order valence-electron chi connectivity index (χ4n) is 5.64. The predicted molar refractivity (Wildman–Crippen MR) is 157 cm³/mol. The molecule has 0 saturated carbocycles. The summed E-state index contributed by atoms with van der Waals surface area (Å²) >= 11 is 0. The predicted octanol–water partition coefficient (Wildman–Crippen LogP) is 2.47. The molecule has 0 radical (unpaired) electrons. The summed E-state index contributed by atoms with van der Waals surface area (Å²) in [5.41, 5.74) is 3.41. The first-order chi connectivity index (χ1) is 20.2. The van der Waals surface area contributed by atoms with Crippen molar-refractivity contribution in [3.8, 4) is 17.1 Å². The van der Waals surface area contributed by atoms with Gasteiger partial charge < -0.3 is 30.0 Å². The molecule has 4 heterocycles. The van der Waals surface area contributed by atoms with Gasteiger partial charge in [-0.1, -0.05) is 17.7 Å². The van der Waals surface area contributed by atoms with Gasteiger partial charge in [0.1, 0.15) is 35.7 Å². The van der Waals surface area contributed by atoms with Crippen LogP contribution in [0, 0.1) is 13.8 Å². The number of rotatable bonds is 8. The molecule has 42 heavy (non-hydrogen) atoms. The van der Waals surface area contributed by atoms with Crippen molar-refractivity contribution in [2.45, 2.75) is 38.8 Å². The van der Waals surface area contributed by atoms with Gasteiger partial charge in [-0.2, -0.15) is 0 Å². The van der Waals surface area contributed by atoms with Crippen LogP contribution in [0.3, 0.4) is 0 Å². The van der Waals surface area contributed by atoms with Gasteiger partial charge in [0, 0.05) is 12.6 Å². The second-order valence-electron chi connectivity index (χ2n) is 11.1. The van der Waals surface area contributed by atoms with Crippen molar-refractivity contribution in [3.05, 3.63) is 69.3 Å². The molecular weight excluding hydrogens is 538 g/mol. The summed E-state index contributed by atoms with van der Waals surface area (Å²) in [5.74, 6) is 0.515. The van der Waals surface area contributed by atoms with Crippen molar-refractivity contribution < 1.29 is 19.4 Å². The molecule has 1 saturated heterocycles. The number of piperidine rings is 1. The average molecular weight is 572 g/mol. The second-order valence-corrected chi connectivity index (χ2v) is 11.1. The molecule has 0 bridgehead atoms. The topological polar surface area (TPSA) is 157 Å². The number of aliphatic hydroxyl groups excluding tert-OH is 1. The Morgan fingerprint density at radius 3 is 2.57 bits per heavy atom. The SMILES string of the molecule is Cc1ccc(OCC(O)CNc2nc[nH]c(=O)c2-c2nc3cc4c(cc3[nH]2)C(=O)N(C2CCN(C)CC2)C4=O)c(C)c1. The number of imidazole rings is 1. The molecule has 4 aromatic rings. The molecule has 1 fully saturated rings. The van der Waals surface area contributed by atoms with E-state index in [-0.39, 0.29) is 48.2 Å². The summed E-state index contributed by atoms with van der Waals surface area (Å²) in [5, 5.41) is 13.6. The minimum Gasteiger partial charge on any atom is -0.491 e.